The van der Waals surface area contributed by atoms with E-state index in [0.29, 0.717) is 0 Å². The minimum Gasteiger partial charge on any atom is -0.390 e. The Morgan fingerprint density at radius 1 is 1.38 bits per heavy atom. The molecule has 0 fully saturated rings. The maximum atomic E-state index is 8.86. The maximum absolute atomic E-state index is 8.86. The highest BCUT2D eigenvalue weighted by atomic mass is 32.1. The van der Waals surface area contributed by atoms with Gasteiger partial charge in [-0.2, -0.15) is 11.3 Å². The van der Waals surface area contributed by atoms with Crippen LogP contribution in [0.5, 0.6) is 0 Å². The van der Waals surface area contributed by atoms with Gasteiger partial charge in [-0.25, -0.2) is 4.98 Å². The van der Waals surface area contributed by atoms with E-state index in [0.717, 1.165) is 10.7 Å². The molecule has 0 saturated carbocycles. The van der Waals surface area contributed by atoms with Crippen LogP contribution in [-0.2, 0) is 6.61 Å². The van der Waals surface area contributed by atoms with E-state index in [1.165, 1.54) is 11.1 Å². The number of aryl methyl sites for hydroxylation is 1. The van der Waals surface area contributed by atoms with Crippen molar-refractivity contribution in [2.75, 3.05) is 0 Å². The van der Waals surface area contributed by atoms with Gasteiger partial charge >= 0.3 is 0 Å². The molecule has 0 aliphatic rings. The zero-order chi connectivity index (χ0) is 9.26. The minimum atomic E-state index is 0.0275. The summed E-state index contributed by atoms with van der Waals surface area (Å²) in [7, 11) is 0. The lowest BCUT2D eigenvalue weighted by Crippen LogP contribution is -1.82. The predicted octanol–water partition coefficient (Wildman–Crippen LogP) is 2.67. The number of aliphatic hydroxyl groups is 1. The number of hydrogen-bond acceptors (Lipinski definition) is 4. The molecule has 0 bridgehead atoms. The van der Waals surface area contributed by atoms with Crippen LogP contribution >= 0.6 is 22.7 Å². The highest BCUT2D eigenvalue weighted by Crippen LogP contribution is 2.29. The molecule has 4 heteroatoms. The monoisotopic (exact) mass is 211 g/mol. The van der Waals surface area contributed by atoms with Gasteiger partial charge in [0.05, 0.1) is 12.3 Å². The summed E-state index contributed by atoms with van der Waals surface area (Å²) in [6.45, 7) is 2.10. The zero-order valence-electron chi connectivity index (χ0n) is 7.15. The summed E-state index contributed by atoms with van der Waals surface area (Å²) in [5, 5.41) is 16.0. The largest absolute Gasteiger partial charge is 0.390 e. The van der Waals surface area contributed by atoms with Crippen molar-refractivity contribution in [1.82, 2.24) is 4.98 Å². The van der Waals surface area contributed by atoms with Crippen LogP contribution in [0.2, 0.25) is 0 Å². The average Bonchev–Trinajstić information content (AvgIpc) is 2.71. The summed E-state index contributed by atoms with van der Waals surface area (Å²) in [6.07, 6.45) is 0. The smallest absolute Gasteiger partial charge is 0.124 e. The van der Waals surface area contributed by atoms with E-state index in [2.05, 4.69) is 22.7 Å². The van der Waals surface area contributed by atoms with Crippen LogP contribution in [-0.4, -0.2) is 10.1 Å². The first-order chi connectivity index (χ1) is 6.31. The van der Waals surface area contributed by atoms with Crippen molar-refractivity contribution in [1.29, 1.82) is 0 Å². The Hall–Kier alpha value is -0.710. The fraction of sp³-hybridized carbons (Fsp3) is 0.222. The first kappa shape index (κ1) is 8.87. The molecule has 0 radical (unpaired) electrons. The maximum Gasteiger partial charge on any atom is 0.124 e. The quantitative estimate of drug-likeness (QED) is 0.828. The molecule has 2 heterocycles. The average molecular weight is 211 g/mol. The van der Waals surface area contributed by atoms with Gasteiger partial charge in [-0.05, 0) is 17.9 Å². The van der Waals surface area contributed by atoms with E-state index in [9.17, 15) is 0 Å². The third kappa shape index (κ3) is 1.65. The van der Waals surface area contributed by atoms with Crippen molar-refractivity contribution in [3.63, 3.8) is 0 Å². The topological polar surface area (TPSA) is 33.1 Å². The number of aliphatic hydroxyl groups excluding tert-OH is 1. The molecule has 0 aromatic carbocycles. The Morgan fingerprint density at radius 2 is 2.23 bits per heavy atom. The van der Waals surface area contributed by atoms with Crippen molar-refractivity contribution in [3.8, 4) is 10.6 Å². The van der Waals surface area contributed by atoms with Crippen molar-refractivity contribution in [2.45, 2.75) is 13.5 Å². The van der Waals surface area contributed by atoms with E-state index in [-0.39, 0.29) is 6.61 Å². The minimum absolute atomic E-state index is 0.0275. The molecule has 2 aromatic heterocycles. The molecular formula is C9H9NOS2. The molecule has 0 aliphatic heterocycles. The van der Waals surface area contributed by atoms with E-state index < -0.39 is 0 Å². The predicted molar refractivity (Wildman–Crippen MR) is 56.1 cm³/mol. The zero-order valence-corrected chi connectivity index (χ0v) is 8.78. The van der Waals surface area contributed by atoms with Gasteiger partial charge in [0.25, 0.3) is 0 Å². The Labute approximate surface area is 84.5 Å². The van der Waals surface area contributed by atoms with Crippen LogP contribution in [0.25, 0.3) is 10.6 Å². The summed E-state index contributed by atoms with van der Waals surface area (Å²) < 4.78 is 0. The lowest BCUT2D eigenvalue weighted by atomic mass is 10.2. The first-order valence-electron chi connectivity index (χ1n) is 3.89. The van der Waals surface area contributed by atoms with Crippen LogP contribution in [0, 0.1) is 6.92 Å². The molecule has 0 amide bonds. The van der Waals surface area contributed by atoms with Gasteiger partial charge in [-0.15, -0.1) is 11.3 Å². The number of thiazole rings is 1. The van der Waals surface area contributed by atoms with Gasteiger partial charge < -0.3 is 5.11 Å². The van der Waals surface area contributed by atoms with Gasteiger partial charge in [-0.1, -0.05) is 0 Å². The number of thiophene rings is 1. The Balaban J connectivity index is 2.41. The van der Waals surface area contributed by atoms with Crippen LogP contribution in [0.4, 0.5) is 0 Å². The van der Waals surface area contributed by atoms with Crippen LogP contribution in [0.15, 0.2) is 16.1 Å². The summed E-state index contributed by atoms with van der Waals surface area (Å²) in [6, 6.07) is 0. The highest BCUT2D eigenvalue weighted by molar-refractivity contribution is 7.14. The van der Waals surface area contributed by atoms with Crippen molar-refractivity contribution in [2.24, 2.45) is 0 Å². The van der Waals surface area contributed by atoms with Crippen LogP contribution in [0.1, 0.15) is 11.3 Å². The standard InChI is InChI=1S/C9H9NOS2/c1-6-3-12-5-8(6)9-10-7(2-11)4-13-9/h3-5,11H,2H2,1H3. The second-order valence-corrected chi connectivity index (χ2v) is 4.37. The van der Waals surface area contributed by atoms with Crippen molar-refractivity contribution < 1.29 is 5.11 Å². The molecule has 2 aromatic rings. The van der Waals surface area contributed by atoms with Gasteiger partial charge in [-0.3, -0.25) is 0 Å². The summed E-state index contributed by atoms with van der Waals surface area (Å²) in [4.78, 5) is 4.31. The molecule has 0 unspecified atom stereocenters. The Bertz CT molecular complexity index is 405. The lowest BCUT2D eigenvalue weighted by molar-refractivity contribution is 0.278. The number of aromatic nitrogens is 1. The van der Waals surface area contributed by atoms with Gasteiger partial charge in [0.15, 0.2) is 0 Å². The van der Waals surface area contributed by atoms with Crippen LogP contribution < -0.4 is 0 Å². The van der Waals surface area contributed by atoms with Gasteiger partial charge in [0.2, 0.25) is 0 Å². The number of hydrogen-bond donors (Lipinski definition) is 1. The second kappa shape index (κ2) is 3.57. The molecule has 68 valence electrons. The Kier molecular flexibility index (Phi) is 2.44. The van der Waals surface area contributed by atoms with Gasteiger partial charge in [0.1, 0.15) is 5.01 Å². The Morgan fingerprint density at radius 3 is 2.77 bits per heavy atom. The third-order valence-electron chi connectivity index (χ3n) is 1.80. The molecule has 0 saturated heterocycles. The van der Waals surface area contributed by atoms with E-state index in [1.54, 1.807) is 22.7 Å². The molecular weight excluding hydrogens is 202 g/mol. The summed E-state index contributed by atoms with van der Waals surface area (Å²) >= 11 is 3.26. The molecule has 1 N–H and O–H groups in total. The third-order valence-corrected chi connectivity index (χ3v) is 3.59. The highest BCUT2D eigenvalue weighted by Gasteiger charge is 2.06. The van der Waals surface area contributed by atoms with E-state index in [4.69, 9.17) is 5.11 Å². The van der Waals surface area contributed by atoms with Crippen molar-refractivity contribution in [3.05, 3.63) is 27.4 Å². The lowest BCUT2D eigenvalue weighted by Gasteiger charge is -1.91. The normalized spacial score (nSPS) is 10.6. The van der Waals surface area contributed by atoms with Crippen molar-refractivity contribution >= 4 is 22.7 Å². The van der Waals surface area contributed by atoms with Crippen LogP contribution in [0.3, 0.4) is 0 Å². The van der Waals surface area contributed by atoms with E-state index in [1.807, 2.05) is 5.38 Å². The van der Waals surface area contributed by atoms with E-state index >= 15 is 0 Å². The SMILES string of the molecule is Cc1cscc1-c1nc(CO)cs1. The number of rotatable bonds is 2. The number of nitrogens with zero attached hydrogens (tertiary/aromatic N) is 1. The fourth-order valence-corrected chi connectivity index (χ4v) is 2.88. The molecule has 2 rings (SSSR count). The van der Waals surface area contributed by atoms with Gasteiger partial charge in [0, 0.05) is 16.3 Å². The molecule has 2 nitrogen and oxygen atoms in total. The fourth-order valence-electron chi connectivity index (χ4n) is 1.08. The molecule has 0 atom stereocenters. The summed E-state index contributed by atoms with van der Waals surface area (Å²) in [5.41, 5.74) is 3.20. The first-order valence-corrected chi connectivity index (χ1v) is 5.72. The summed E-state index contributed by atoms with van der Waals surface area (Å²) in [5.74, 6) is 0. The molecule has 13 heavy (non-hydrogen) atoms. The molecule has 0 aliphatic carbocycles. The molecule has 0 spiro atoms. The second-order valence-electron chi connectivity index (χ2n) is 2.77.